The van der Waals surface area contributed by atoms with Gasteiger partial charge < -0.3 is 4.42 Å². The summed E-state index contributed by atoms with van der Waals surface area (Å²) in [4.78, 5) is 15.6. The molecule has 5 heteroatoms. The minimum atomic E-state index is 0.609. The predicted octanol–water partition coefficient (Wildman–Crippen LogP) is 13.6. The summed E-state index contributed by atoms with van der Waals surface area (Å²) in [5.41, 5.74) is 12.0. The van der Waals surface area contributed by atoms with Crippen molar-refractivity contribution in [2.24, 2.45) is 0 Å². The van der Waals surface area contributed by atoms with Gasteiger partial charge in [-0.15, -0.1) is 11.3 Å². The van der Waals surface area contributed by atoms with E-state index in [1.807, 2.05) is 30.3 Å². The van der Waals surface area contributed by atoms with Gasteiger partial charge in [0, 0.05) is 47.6 Å². The Morgan fingerprint density at radius 2 is 0.944 bits per heavy atom. The van der Waals surface area contributed by atoms with Crippen molar-refractivity contribution < 1.29 is 4.42 Å². The molecule has 0 N–H and O–H groups in total. The number of benzene rings is 8. The third kappa shape index (κ3) is 4.27. The van der Waals surface area contributed by atoms with Crippen LogP contribution in [-0.2, 0) is 0 Å². The molecule has 54 heavy (non-hydrogen) atoms. The SMILES string of the molecule is c1ccc(-c2nc(-c3cccc4oc5ccc(-c6ccc7c8c(cccc68)-c6ccccc6-7)cc5c34)nc(-c3cccc4sc5ccccc5c34)n2)cc1. The average Bonchev–Trinajstić information content (AvgIpc) is 3.91. The summed E-state index contributed by atoms with van der Waals surface area (Å²) in [5, 5.41) is 6.95. The molecule has 11 aromatic rings. The normalized spacial score (nSPS) is 12.1. The van der Waals surface area contributed by atoms with Crippen molar-refractivity contribution in [3.05, 3.63) is 164 Å². The van der Waals surface area contributed by atoms with Gasteiger partial charge in [0.1, 0.15) is 11.2 Å². The van der Waals surface area contributed by atoms with Crippen LogP contribution in [0.3, 0.4) is 0 Å². The molecule has 0 saturated carbocycles. The zero-order chi connectivity index (χ0) is 35.3. The zero-order valence-electron chi connectivity index (χ0n) is 28.7. The van der Waals surface area contributed by atoms with E-state index < -0.39 is 0 Å². The quantitative estimate of drug-likeness (QED) is 0.183. The highest BCUT2D eigenvalue weighted by Gasteiger charge is 2.24. The van der Waals surface area contributed by atoms with Gasteiger partial charge in [-0.3, -0.25) is 0 Å². The van der Waals surface area contributed by atoms with E-state index in [9.17, 15) is 0 Å². The van der Waals surface area contributed by atoms with Gasteiger partial charge in [-0.1, -0.05) is 133 Å². The maximum atomic E-state index is 6.54. The number of aromatic nitrogens is 3. The number of rotatable bonds is 4. The molecular formula is C49H27N3OS. The minimum absolute atomic E-state index is 0.609. The van der Waals surface area contributed by atoms with Crippen molar-refractivity contribution in [3.63, 3.8) is 0 Å². The van der Waals surface area contributed by atoms with Crippen LogP contribution in [0, 0.1) is 0 Å². The Hall–Kier alpha value is -6.95. The topological polar surface area (TPSA) is 51.8 Å². The lowest BCUT2D eigenvalue weighted by molar-refractivity contribution is 0.669. The van der Waals surface area contributed by atoms with Crippen molar-refractivity contribution in [1.82, 2.24) is 15.0 Å². The maximum Gasteiger partial charge on any atom is 0.164 e. The van der Waals surface area contributed by atoms with Crippen LogP contribution in [-0.4, -0.2) is 15.0 Å². The predicted molar refractivity (Wildman–Crippen MR) is 224 cm³/mol. The molecule has 12 rings (SSSR count). The highest BCUT2D eigenvalue weighted by molar-refractivity contribution is 7.25. The molecule has 1 aliphatic carbocycles. The third-order valence-electron chi connectivity index (χ3n) is 10.9. The van der Waals surface area contributed by atoms with Crippen LogP contribution in [0.5, 0.6) is 0 Å². The molecule has 0 radical (unpaired) electrons. The van der Waals surface area contributed by atoms with Crippen molar-refractivity contribution in [3.8, 4) is 67.5 Å². The lowest BCUT2D eigenvalue weighted by atomic mass is 9.93. The van der Waals surface area contributed by atoms with E-state index in [4.69, 9.17) is 19.4 Å². The lowest BCUT2D eigenvalue weighted by Gasteiger charge is -2.11. The monoisotopic (exact) mass is 705 g/mol. The summed E-state index contributed by atoms with van der Waals surface area (Å²) in [6.45, 7) is 0. The van der Waals surface area contributed by atoms with Crippen LogP contribution < -0.4 is 0 Å². The van der Waals surface area contributed by atoms with Gasteiger partial charge >= 0.3 is 0 Å². The first-order chi connectivity index (χ1) is 26.8. The van der Waals surface area contributed by atoms with Crippen LogP contribution in [0.4, 0.5) is 0 Å². The van der Waals surface area contributed by atoms with Gasteiger partial charge in [0.2, 0.25) is 0 Å². The van der Waals surface area contributed by atoms with E-state index in [0.717, 1.165) is 44.2 Å². The summed E-state index contributed by atoms with van der Waals surface area (Å²) < 4.78 is 8.99. The van der Waals surface area contributed by atoms with Gasteiger partial charge in [-0.2, -0.15) is 0 Å². The highest BCUT2D eigenvalue weighted by atomic mass is 32.1. The number of hydrogen-bond donors (Lipinski definition) is 0. The molecule has 3 aromatic heterocycles. The molecule has 0 atom stereocenters. The van der Waals surface area contributed by atoms with Crippen molar-refractivity contribution in [1.29, 1.82) is 0 Å². The zero-order valence-corrected chi connectivity index (χ0v) is 29.6. The second kappa shape index (κ2) is 11.3. The van der Waals surface area contributed by atoms with Crippen molar-refractivity contribution in [2.45, 2.75) is 0 Å². The minimum Gasteiger partial charge on any atom is -0.456 e. The molecule has 8 aromatic carbocycles. The summed E-state index contributed by atoms with van der Waals surface area (Å²) in [5.74, 6) is 1.89. The van der Waals surface area contributed by atoms with Gasteiger partial charge in [0.15, 0.2) is 17.5 Å². The fourth-order valence-electron chi connectivity index (χ4n) is 8.54. The number of hydrogen-bond acceptors (Lipinski definition) is 5. The third-order valence-corrected chi connectivity index (χ3v) is 12.0. The van der Waals surface area contributed by atoms with Crippen molar-refractivity contribution in [2.75, 3.05) is 0 Å². The largest absolute Gasteiger partial charge is 0.456 e. The number of fused-ring (bicyclic) bond motifs is 9. The van der Waals surface area contributed by atoms with E-state index in [-0.39, 0.29) is 0 Å². The first-order valence-electron chi connectivity index (χ1n) is 18.1. The van der Waals surface area contributed by atoms with Crippen molar-refractivity contribution >= 4 is 64.2 Å². The van der Waals surface area contributed by atoms with Gasteiger partial charge in [-0.05, 0) is 74.5 Å². The Kier molecular flexibility index (Phi) is 6.18. The number of nitrogens with zero attached hydrogens (tertiary/aromatic N) is 3. The fraction of sp³-hybridized carbons (Fsp3) is 0. The van der Waals surface area contributed by atoms with E-state index >= 15 is 0 Å². The molecule has 0 unspecified atom stereocenters. The number of furan rings is 1. The summed E-state index contributed by atoms with van der Waals surface area (Å²) in [6.07, 6.45) is 0. The van der Waals surface area contributed by atoms with Crippen LogP contribution in [0.25, 0.3) is 120 Å². The Bertz CT molecular complexity index is 3310. The molecule has 0 bridgehead atoms. The number of thiophene rings is 1. The van der Waals surface area contributed by atoms with Crippen LogP contribution in [0.2, 0.25) is 0 Å². The molecule has 3 heterocycles. The second-order valence-electron chi connectivity index (χ2n) is 13.9. The Balaban J connectivity index is 1.09. The van der Waals surface area contributed by atoms with Crippen LogP contribution >= 0.6 is 11.3 Å². The first kappa shape index (κ1) is 29.6. The molecule has 0 fully saturated rings. The Morgan fingerprint density at radius 3 is 1.80 bits per heavy atom. The molecule has 0 aliphatic heterocycles. The average molecular weight is 706 g/mol. The summed E-state index contributed by atoms with van der Waals surface area (Å²) in [6, 6.07) is 57.8. The van der Waals surface area contributed by atoms with Gasteiger partial charge in [0.25, 0.3) is 0 Å². The van der Waals surface area contributed by atoms with Crippen LogP contribution in [0.15, 0.2) is 168 Å². The summed E-state index contributed by atoms with van der Waals surface area (Å²) >= 11 is 1.79. The van der Waals surface area contributed by atoms with E-state index in [2.05, 4.69) is 133 Å². The van der Waals surface area contributed by atoms with E-state index in [1.165, 1.54) is 58.8 Å². The highest BCUT2D eigenvalue weighted by Crippen LogP contribution is 2.50. The standard InChI is InChI=1S/C49H27N3OS/c1-2-11-28(12-3-1)47-50-48(52-49(51-47)38-19-10-22-43-46(38)36-15-6-7-21-42(36)54-43)37-18-9-20-41-45(37)39-27-29(23-26-40(39)53-41)30-24-25-35-32-14-5-4-13-31(32)34-17-8-16-33(30)44(34)35/h1-27H. The molecular weight excluding hydrogens is 679 g/mol. The lowest BCUT2D eigenvalue weighted by Crippen LogP contribution is -2.00. The summed E-state index contributed by atoms with van der Waals surface area (Å²) in [7, 11) is 0. The van der Waals surface area contributed by atoms with Crippen LogP contribution in [0.1, 0.15) is 0 Å². The van der Waals surface area contributed by atoms with E-state index in [0.29, 0.717) is 17.5 Å². The molecule has 4 nitrogen and oxygen atoms in total. The van der Waals surface area contributed by atoms with Gasteiger partial charge in [0.05, 0.1) is 0 Å². The fourth-order valence-corrected chi connectivity index (χ4v) is 9.67. The van der Waals surface area contributed by atoms with Gasteiger partial charge in [-0.25, -0.2) is 15.0 Å². The molecule has 0 amide bonds. The second-order valence-corrected chi connectivity index (χ2v) is 15.0. The molecule has 0 spiro atoms. The van der Waals surface area contributed by atoms with E-state index in [1.54, 1.807) is 11.3 Å². The molecule has 0 saturated heterocycles. The molecule has 250 valence electrons. The smallest absolute Gasteiger partial charge is 0.164 e. The molecule has 1 aliphatic rings. The Labute approximate surface area is 313 Å². The first-order valence-corrected chi connectivity index (χ1v) is 18.9. The maximum absolute atomic E-state index is 6.54. The Morgan fingerprint density at radius 1 is 0.333 bits per heavy atom.